The molecule has 1 aliphatic heterocycles. The summed E-state index contributed by atoms with van der Waals surface area (Å²) in [6.07, 6.45) is -1.72. The predicted molar refractivity (Wildman–Crippen MR) is 117 cm³/mol. The molecule has 2 aliphatic rings. The van der Waals surface area contributed by atoms with Crippen molar-refractivity contribution in [3.63, 3.8) is 0 Å². The van der Waals surface area contributed by atoms with Crippen LogP contribution in [0.15, 0.2) is 48.5 Å². The Balaban J connectivity index is 1.66. The van der Waals surface area contributed by atoms with E-state index in [1.54, 1.807) is 24.3 Å². The van der Waals surface area contributed by atoms with Crippen LogP contribution < -0.4 is 10.2 Å². The number of carbonyl (C=O) groups is 3. The number of cyclic esters (lactones) is 1. The number of ether oxygens (including phenoxy) is 1. The van der Waals surface area contributed by atoms with Crippen LogP contribution in [-0.4, -0.2) is 54.5 Å². The highest BCUT2D eigenvalue weighted by atomic mass is 35.5. The monoisotopic (exact) mass is 495 g/mol. The minimum absolute atomic E-state index is 0.0589. The summed E-state index contributed by atoms with van der Waals surface area (Å²) < 4.78 is 45.3. The van der Waals surface area contributed by atoms with Crippen LogP contribution in [0.1, 0.15) is 24.4 Å². The van der Waals surface area contributed by atoms with Gasteiger partial charge in [-0.3, -0.25) is 14.5 Å². The Kier molecular flexibility index (Phi) is 6.70. The van der Waals surface area contributed by atoms with E-state index in [2.05, 4.69) is 5.32 Å². The maximum atomic E-state index is 14.0. The van der Waals surface area contributed by atoms with Crippen LogP contribution in [0.2, 0.25) is 5.02 Å². The Morgan fingerprint density at radius 1 is 1.21 bits per heavy atom. The van der Waals surface area contributed by atoms with Gasteiger partial charge < -0.3 is 15.0 Å². The summed E-state index contributed by atoms with van der Waals surface area (Å²) in [6, 6.07) is 9.46. The minimum atomic E-state index is -2.83. The molecular weight excluding hydrogens is 475 g/mol. The summed E-state index contributed by atoms with van der Waals surface area (Å²) in [5, 5.41) is 2.68. The van der Waals surface area contributed by atoms with E-state index in [9.17, 15) is 27.6 Å². The van der Waals surface area contributed by atoms with Crippen LogP contribution in [0.25, 0.3) is 0 Å². The Bertz CT molecular complexity index is 1110. The van der Waals surface area contributed by atoms with E-state index < -0.39 is 61.1 Å². The third kappa shape index (κ3) is 5.11. The average Bonchev–Trinajstić information content (AvgIpc) is 3.17. The molecule has 34 heavy (non-hydrogen) atoms. The van der Waals surface area contributed by atoms with E-state index in [0.717, 1.165) is 11.0 Å². The van der Waals surface area contributed by atoms with Crippen molar-refractivity contribution in [2.24, 2.45) is 0 Å². The fraction of sp³-hybridized carbons (Fsp3) is 0.348. The van der Waals surface area contributed by atoms with Gasteiger partial charge in [0.25, 0.3) is 11.8 Å². The molecule has 1 N–H and O–H groups in total. The minimum Gasteiger partial charge on any atom is -0.448 e. The van der Waals surface area contributed by atoms with Crippen molar-refractivity contribution < 1.29 is 32.3 Å². The van der Waals surface area contributed by atoms with Crippen molar-refractivity contribution in [3.05, 3.63) is 64.9 Å². The van der Waals surface area contributed by atoms with Gasteiger partial charge in [-0.25, -0.2) is 18.0 Å². The van der Waals surface area contributed by atoms with Gasteiger partial charge in [0.1, 0.15) is 25.0 Å². The first-order valence-electron chi connectivity index (χ1n) is 10.6. The van der Waals surface area contributed by atoms with Crippen LogP contribution in [0.4, 0.5) is 23.7 Å². The normalized spacial score (nSPS) is 18.1. The fourth-order valence-corrected chi connectivity index (χ4v) is 4.28. The molecule has 7 nitrogen and oxygen atoms in total. The molecule has 4 rings (SSSR count). The Hall–Kier alpha value is -3.27. The molecule has 3 amide bonds. The van der Waals surface area contributed by atoms with E-state index in [4.69, 9.17) is 16.3 Å². The second kappa shape index (κ2) is 9.54. The molecule has 1 atom stereocenters. The summed E-state index contributed by atoms with van der Waals surface area (Å²) in [5.74, 6) is -4.91. The smallest absolute Gasteiger partial charge is 0.410 e. The molecule has 1 unspecified atom stereocenters. The molecule has 180 valence electrons. The number of alkyl halides is 2. The number of amides is 3. The Labute approximate surface area is 198 Å². The van der Waals surface area contributed by atoms with Gasteiger partial charge in [-0.2, -0.15) is 0 Å². The number of halogens is 4. The summed E-state index contributed by atoms with van der Waals surface area (Å²) >= 11 is 6.33. The van der Waals surface area contributed by atoms with Crippen molar-refractivity contribution in [2.45, 2.75) is 30.8 Å². The Morgan fingerprint density at radius 2 is 1.94 bits per heavy atom. The quantitative estimate of drug-likeness (QED) is 0.631. The van der Waals surface area contributed by atoms with E-state index in [0.29, 0.717) is 5.56 Å². The zero-order chi connectivity index (χ0) is 24.5. The van der Waals surface area contributed by atoms with Gasteiger partial charge in [0.2, 0.25) is 5.91 Å². The van der Waals surface area contributed by atoms with Crippen molar-refractivity contribution in [2.75, 3.05) is 24.6 Å². The van der Waals surface area contributed by atoms with Gasteiger partial charge in [-0.15, -0.1) is 0 Å². The molecule has 11 heteroatoms. The molecule has 1 saturated heterocycles. The summed E-state index contributed by atoms with van der Waals surface area (Å²) in [4.78, 5) is 41.1. The number of nitrogens with one attached hydrogen (secondary N) is 1. The maximum Gasteiger partial charge on any atom is 0.410 e. The van der Waals surface area contributed by atoms with E-state index in [1.165, 1.54) is 23.1 Å². The van der Waals surface area contributed by atoms with Gasteiger partial charge in [0, 0.05) is 35.2 Å². The molecule has 1 aliphatic carbocycles. The average molecular weight is 496 g/mol. The van der Waals surface area contributed by atoms with Gasteiger partial charge in [0.15, 0.2) is 0 Å². The number of nitrogens with zero attached hydrogens (tertiary/aromatic N) is 2. The van der Waals surface area contributed by atoms with Gasteiger partial charge >= 0.3 is 6.09 Å². The first-order chi connectivity index (χ1) is 16.1. The lowest BCUT2D eigenvalue weighted by Crippen LogP contribution is -2.54. The third-order valence-electron chi connectivity index (χ3n) is 5.68. The number of anilines is 1. The van der Waals surface area contributed by atoms with E-state index in [1.807, 2.05) is 0 Å². The van der Waals surface area contributed by atoms with Crippen LogP contribution in [0.3, 0.4) is 0 Å². The molecular formula is C23H21ClF3N3O4. The van der Waals surface area contributed by atoms with Gasteiger partial charge in [-0.1, -0.05) is 35.9 Å². The van der Waals surface area contributed by atoms with Crippen LogP contribution in [-0.2, 0) is 14.3 Å². The third-order valence-corrected chi connectivity index (χ3v) is 6.02. The van der Waals surface area contributed by atoms with Crippen LogP contribution in [0.5, 0.6) is 0 Å². The van der Waals surface area contributed by atoms with Crippen molar-refractivity contribution in [1.82, 2.24) is 10.2 Å². The zero-order valence-electron chi connectivity index (χ0n) is 17.8. The van der Waals surface area contributed by atoms with Gasteiger partial charge in [-0.05, 0) is 24.3 Å². The zero-order valence-corrected chi connectivity index (χ0v) is 18.6. The standard InChI is InChI=1S/C23H21ClF3N3O4/c24-18-7-2-1-6-17(18)20(29-8-9-34-22(29)33)21(32)30(16-5-3-4-14(25)10-16)13-19(31)28-15-11-23(26,27)12-15/h1-7,10,15,20H,8-9,11-13H2,(H,28,31). The van der Waals surface area contributed by atoms with Crippen molar-refractivity contribution in [3.8, 4) is 0 Å². The first kappa shape index (κ1) is 23.9. The lowest BCUT2D eigenvalue weighted by molar-refractivity contribution is -0.130. The first-order valence-corrected chi connectivity index (χ1v) is 10.9. The molecule has 2 aromatic carbocycles. The number of carbonyl (C=O) groups excluding carboxylic acids is 3. The maximum absolute atomic E-state index is 14.0. The summed E-state index contributed by atoms with van der Waals surface area (Å²) in [6.45, 7) is -0.418. The fourth-order valence-electron chi connectivity index (χ4n) is 4.04. The molecule has 2 fully saturated rings. The highest BCUT2D eigenvalue weighted by molar-refractivity contribution is 6.31. The lowest BCUT2D eigenvalue weighted by atomic mass is 9.88. The lowest BCUT2D eigenvalue weighted by Gasteiger charge is -2.36. The summed E-state index contributed by atoms with van der Waals surface area (Å²) in [5.41, 5.74) is 0.358. The van der Waals surface area contributed by atoms with Gasteiger partial charge in [0.05, 0.1) is 6.54 Å². The highest BCUT2D eigenvalue weighted by Gasteiger charge is 2.46. The summed E-state index contributed by atoms with van der Waals surface area (Å²) in [7, 11) is 0. The molecule has 2 aromatic rings. The largest absolute Gasteiger partial charge is 0.448 e. The van der Waals surface area contributed by atoms with Crippen LogP contribution >= 0.6 is 11.6 Å². The Morgan fingerprint density at radius 3 is 2.56 bits per heavy atom. The number of benzene rings is 2. The van der Waals surface area contributed by atoms with Crippen molar-refractivity contribution in [1.29, 1.82) is 0 Å². The molecule has 0 bridgehead atoms. The van der Waals surface area contributed by atoms with E-state index >= 15 is 0 Å². The highest BCUT2D eigenvalue weighted by Crippen LogP contribution is 2.37. The number of hydrogen-bond donors (Lipinski definition) is 1. The van der Waals surface area contributed by atoms with Crippen LogP contribution in [0, 0.1) is 5.82 Å². The van der Waals surface area contributed by atoms with E-state index in [-0.39, 0.29) is 23.9 Å². The molecule has 0 spiro atoms. The van der Waals surface area contributed by atoms with Crippen molar-refractivity contribution >= 4 is 35.2 Å². The molecule has 1 saturated carbocycles. The molecule has 0 radical (unpaired) electrons. The number of rotatable bonds is 7. The molecule has 1 heterocycles. The second-order valence-electron chi connectivity index (χ2n) is 8.16. The number of hydrogen-bond acceptors (Lipinski definition) is 4. The molecule has 0 aromatic heterocycles. The second-order valence-corrected chi connectivity index (χ2v) is 8.57. The predicted octanol–water partition coefficient (Wildman–Crippen LogP) is 3.92. The topological polar surface area (TPSA) is 79.0 Å². The SMILES string of the molecule is O=C(CN(C(=O)C(c1ccccc1Cl)N1CCOC1=O)c1cccc(F)c1)NC1CC(F)(F)C1.